The van der Waals surface area contributed by atoms with E-state index >= 15 is 0 Å². The highest BCUT2D eigenvalue weighted by molar-refractivity contribution is 6.11. The van der Waals surface area contributed by atoms with Crippen LogP contribution >= 0.6 is 0 Å². The Morgan fingerprint density at radius 1 is 0.458 bits per heavy atom. The van der Waals surface area contributed by atoms with Gasteiger partial charge < -0.3 is 18.9 Å². The Kier molecular flexibility index (Phi) is 8.63. The van der Waals surface area contributed by atoms with E-state index in [9.17, 15) is 9.59 Å². The van der Waals surface area contributed by atoms with E-state index in [0.29, 0.717) is 23.0 Å². The van der Waals surface area contributed by atoms with Crippen molar-refractivity contribution in [3.05, 3.63) is 132 Å². The van der Waals surface area contributed by atoms with Crippen molar-refractivity contribution in [3.63, 3.8) is 0 Å². The van der Waals surface area contributed by atoms with Crippen LogP contribution < -0.4 is 18.9 Å². The van der Waals surface area contributed by atoms with Crippen molar-refractivity contribution in [2.75, 3.05) is 13.2 Å². The van der Waals surface area contributed by atoms with Gasteiger partial charge in [-0.25, -0.2) is 9.59 Å². The molecule has 0 aliphatic heterocycles. The lowest BCUT2D eigenvalue weighted by Gasteiger charge is -2.19. The number of carbonyl (C=O) groups excluding carboxylic acids is 2. The monoisotopic (exact) mass is 634 g/mol. The van der Waals surface area contributed by atoms with Crippen LogP contribution in [-0.4, -0.2) is 25.2 Å². The van der Waals surface area contributed by atoms with Crippen LogP contribution in [0.15, 0.2) is 121 Å². The molecule has 6 nitrogen and oxygen atoms in total. The molecule has 0 aromatic heterocycles. The molecule has 0 aliphatic rings. The first-order valence-electron chi connectivity index (χ1n) is 16.2. The molecule has 0 saturated carbocycles. The maximum absolute atomic E-state index is 13.2. The smallest absolute Gasteiger partial charge is 0.349 e. The fraction of sp³-hybridized carbons (Fsp3) is 0.143. The zero-order valence-corrected chi connectivity index (χ0v) is 26.8. The summed E-state index contributed by atoms with van der Waals surface area (Å²) in [4.78, 5) is 26.4. The fourth-order valence-corrected chi connectivity index (χ4v) is 6.13. The van der Waals surface area contributed by atoms with E-state index in [2.05, 4.69) is 26.0 Å². The summed E-state index contributed by atoms with van der Waals surface area (Å²) in [6.45, 7) is 3.58. The van der Waals surface area contributed by atoms with Gasteiger partial charge in [-0.3, -0.25) is 0 Å². The van der Waals surface area contributed by atoms with E-state index in [1.165, 1.54) is 0 Å². The molecular formula is C42H34O6. The Morgan fingerprint density at radius 3 is 1.33 bits per heavy atom. The van der Waals surface area contributed by atoms with Crippen molar-refractivity contribution in [2.45, 2.75) is 26.7 Å². The van der Waals surface area contributed by atoms with E-state index in [1.807, 2.05) is 97.1 Å². The lowest BCUT2D eigenvalue weighted by Crippen LogP contribution is -2.19. The summed E-state index contributed by atoms with van der Waals surface area (Å²) in [6, 6.07) is 38.9. The number of carbonyl (C=O) groups is 2. The standard InChI is InChI=1S/C42H34O6/c1-3-27-19-21-33-35(23-27)42(46-26-40(44)48-38-18-10-14-30-12-6-8-16-32(30)38)36-24-28(4-2)20-22-34(36)41(33)45-25-39(43)47-37-17-9-13-29-11-5-7-15-31(29)37/h5-24H,3-4,25-26H2,1-2H3. The first-order valence-corrected chi connectivity index (χ1v) is 16.2. The van der Waals surface area contributed by atoms with Crippen LogP contribution in [0.3, 0.4) is 0 Å². The molecule has 0 unspecified atom stereocenters. The molecule has 0 atom stereocenters. The quantitative estimate of drug-likeness (QED) is 0.0848. The Balaban J connectivity index is 1.22. The third kappa shape index (κ3) is 6.13. The highest BCUT2D eigenvalue weighted by atomic mass is 16.6. The first kappa shape index (κ1) is 30.8. The van der Waals surface area contributed by atoms with E-state index < -0.39 is 11.9 Å². The zero-order chi connectivity index (χ0) is 33.0. The second kappa shape index (κ2) is 13.5. The molecule has 0 bridgehead atoms. The number of hydrogen-bond donors (Lipinski definition) is 0. The van der Waals surface area contributed by atoms with Crippen molar-refractivity contribution >= 4 is 55.0 Å². The van der Waals surface area contributed by atoms with Gasteiger partial charge in [0.05, 0.1) is 0 Å². The molecule has 0 heterocycles. The molecule has 0 amide bonds. The predicted octanol–water partition coefficient (Wildman–Crippen LogP) is 9.39. The molecule has 7 rings (SSSR count). The van der Waals surface area contributed by atoms with Gasteiger partial charge in [0.15, 0.2) is 13.2 Å². The number of aryl methyl sites for hydroxylation is 2. The number of fused-ring (bicyclic) bond motifs is 4. The maximum Gasteiger partial charge on any atom is 0.349 e. The second-order valence-corrected chi connectivity index (χ2v) is 11.6. The Bertz CT molecular complexity index is 2250. The normalized spacial score (nSPS) is 11.2. The number of benzene rings is 7. The van der Waals surface area contributed by atoms with Crippen LogP contribution in [0.2, 0.25) is 0 Å². The number of hydrogen-bond acceptors (Lipinski definition) is 6. The molecule has 0 aliphatic carbocycles. The molecule has 0 fully saturated rings. The van der Waals surface area contributed by atoms with Crippen LogP contribution in [0.5, 0.6) is 23.0 Å². The SMILES string of the molecule is CCc1ccc2c(OCC(=O)Oc3cccc4ccccc34)c3ccc(CC)cc3c(OCC(=O)Oc3cccc4ccccc34)c2c1. The van der Waals surface area contributed by atoms with Crippen LogP contribution in [0.4, 0.5) is 0 Å². The number of esters is 2. The average molecular weight is 635 g/mol. The summed E-state index contributed by atoms with van der Waals surface area (Å²) in [6.07, 6.45) is 1.61. The molecule has 0 N–H and O–H groups in total. The van der Waals surface area contributed by atoms with Crippen LogP contribution in [0.1, 0.15) is 25.0 Å². The molecule has 48 heavy (non-hydrogen) atoms. The predicted molar refractivity (Wildman–Crippen MR) is 190 cm³/mol. The minimum absolute atomic E-state index is 0.294. The zero-order valence-electron chi connectivity index (χ0n) is 26.8. The van der Waals surface area contributed by atoms with E-state index in [1.54, 1.807) is 12.1 Å². The lowest BCUT2D eigenvalue weighted by molar-refractivity contribution is -0.137. The number of ether oxygens (including phenoxy) is 4. The molecule has 0 radical (unpaired) electrons. The van der Waals surface area contributed by atoms with Crippen molar-refractivity contribution in [2.24, 2.45) is 0 Å². The fourth-order valence-electron chi connectivity index (χ4n) is 6.13. The van der Waals surface area contributed by atoms with Crippen molar-refractivity contribution in [1.29, 1.82) is 0 Å². The molecular weight excluding hydrogens is 600 g/mol. The highest BCUT2D eigenvalue weighted by Gasteiger charge is 2.20. The van der Waals surface area contributed by atoms with Gasteiger partial charge in [0.1, 0.15) is 23.0 Å². The first-order chi connectivity index (χ1) is 23.5. The molecule has 7 aromatic carbocycles. The molecule has 6 heteroatoms. The summed E-state index contributed by atoms with van der Waals surface area (Å²) in [5, 5.41) is 6.76. The summed E-state index contributed by atoms with van der Waals surface area (Å²) < 4.78 is 24.2. The summed E-state index contributed by atoms with van der Waals surface area (Å²) in [7, 11) is 0. The van der Waals surface area contributed by atoms with E-state index in [-0.39, 0.29) is 13.2 Å². The largest absolute Gasteiger partial charge is 0.481 e. The van der Waals surface area contributed by atoms with E-state index in [0.717, 1.165) is 67.1 Å². The van der Waals surface area contributed by atoms with Gasteiger partial charge in [0.25, 0.3) is 0 Å². The van der Waals surface area contributed by atoms with Gasteiger partial charge >= 0.3 is 11.9 Å². The topological polar surface area (TPSA) is 71.1 Å². The average Bonchev–Trinajstić information content (AvgIpc) is 3.12. The second-order valence-electron chi connectivity index (χ2n) is 11.6. The van der Waals surface area contributed by atoms with Crippen molar-refractivity contribution in [3.8, 4) is 23.0 Å². The number of rotatable bonds is 10. The maximum atomic E-state index is 13.2. The Morgan fingerprint density at radius 2 is 0.875 bits per heavy atom. The minimum atomic E-state index is -0.514. The van der Waals surface area contributed by atoms with Gasteiger partial charge in [0.2, 0.25) is 0 Å². The third-order valence-electron chi connectivity index (χ3n) is 8.58. The molecule has 7 aromatic rings. The Hall–Kier alpha value is -5.88. The minimum Gasteiger partial charge on any atom is -0.481 e. The van der Waals surface area contributed by atoms with Crippen LogP contribution in [0.25, 0.3) is 43.1 Å². The highest BCUT2D eigenvalue weighted by Crippen LogP contribution is 2.44. The summed E-state index contributed by atoms with van der Waals surface area (Å²) >= 11 is 0. The van der Waals surface area contributed by atoms with Crippen molar-refractivity contribution < 1.29 is 28.5 Å². The summed E-state index contributed by atoms with van der Waals surface area (Å²) in [5.74, 6) is 1.05. The molecule has 0 spiro atoms. The van der Waals surface area contributed by atoms with Crippen LogP contribution in [0, 0.1) is 0 Å². The van der Waals surface area contributed by atoms with Gasteiger partial charge in [-0.15, -0.1) is 0 Å². The molecule has 238 valence electrons. The van der Waals surface area contributed by atoms with Gasteiger partial charge in [0, 0.05) is 32.3 Å². The lowest BCUT2D eigenvalue weighted by atomic mass is 9.96. The van der Waals surface area contributed by atoms with Crippen LogP contribution in [-0.2, 0) is 22.4 Å². The third-order valence-corrected chi connectivity index (χ3v) is 8.58. The van der Waals surface area contributed by atoms with Crippen molar-refractivity contribution in [1.82, 2.24) is 0 Å². The van der Waals surface area contributed by atoms with E-state index in [4.69, 9.17) is 18.9 Å². The van der Waals surface area contributed by atoms with Gasteiger partial charge in [-0.1, -0.05) is 111 Å². The van der Waals surface area contributed by atoms with Gasteiger partial charge in [-0.05, 0) is 59.0 Å². The Labute approximate surface area is 278 Å². The molecule has 0 saturated heterocycles. The van der Waals surface area contributed by atoms with Gasteiger partial charge in [-0.2, -0.15) is 0 Å². The summed E-state index contributed by atoms with van der Waals surface area (Å²) in [5.41, 5.74) is 2.19.